The van der Waals surface area contributed by atoms with Crippen molar-refractivity contribution >= 4 is 5.95 Å². The largest absolute Gasteiger partial charge is 0.350 e. The second-order valence-corrected chi connectivity index (χ2v) is 5.23. The van der Waals surface area contributed by atoms with E-state index in [0.29, 0.717) is 12.1 Å². The number of para-hydroxylation sites is 1. The second kappa shape index (κ2) is 6.00. The normalized spacial score (nSPS) is 22.6. The van der Waals surface area contributed by atoms with Crippen molar-refractivity contribution in [3.8, 4) is 5.69 Å². The maximum atomic E-state index is 4.10. The van der Waals surface area contributed by atoms with Crippen molar-refractivity contribution in [2.45, 2.75) is 37.8 Å². The summed E-state index contributed by atoms with van der Waals surface area (Å²) in [6.07, 6.45) is 4.68. The number of rotatable bonds is 4. The van der Waals surface area contributed by atoms with E-state index < -0.39 is 0 Å². The van der Waals surface area contributed by atoms with Gasteiger partial charge in [0.05, 0.1) is 5.69 Å². The molecule has 0 radical (unpaired) electrons. The average Bonchev–Trinajstić information content (AvgIpc) is 2.97. The van der Waals surface area contributed by atoms with Gasteiger partial charge in [-0.25, -0.2) is 0 Å². The molecular formula is C14H20N6. The fourth-order valence-electron chi connectivity index (χ4n) is 2.73. The number of anilines is 1. The Morgan fingerprint density at radius 1 is 1.05 bits per heavy atom. The fourth-order valence-corrected chi connectivity index (χ4v) is 2.73. The molecule has 1 aliphatic rings. The summed E-state index contributed by atoms with van der Waals surface area (Å²) < 4.78 is 1.75. The molecule has 0 unspecified atom stereocenters. The molecule has 2 N–H and O–H groups in total. The number of hydrogen-bond acceptors (Lipinski definition) is 5. The lowest BCUT2D eigenvalue weighted by Gasteiger charge is -2.28. The summed E-state index contributed by atoms with van der Waals surface area (Å²) in [5.74, 6) is 0.726. The van der Waals surface area contributed by atoms with Gasteiger partial charge in [-0.15, -0.1) is 0 Å². The van der Waals surface area contributed by atoms with Gasteiger partial charge < -0.3 is 10.6 Å². The van der Waals surface area contributed by atoms with Gasteiger partial charge in [0.1, 0.15) is 0 Å². The molecule has 6 heteroatoms. The number of hydrogen-bond donors (Lipinski definition) is 2. The Morgan fingerprint density at radius 3 is 2.45 bits per heavy atom. The Bertz CT molecular complexity index is 530. The maximum Gasteiger partial charge on any atom is 0.247 e. The van der Waals surface area contributed by atoms with Crippen LogP contribution in [0.25, 0.3) is 5.69 Å². The van der Waals surface area contributed by atoms with Crippen LogP contribution in [0.4, 0.5) is 5.95 Å². The average molecular weight is 272 g/mol. The molecule has 1 heterocycles. The number of nitrogens with one attached hydrogen (secondary N) is 2. The first-order valence-corrected chi connectivity index (χ1v) is 7.14. The molecule has 1 aromatic carbocycles. The summed E-state index contributed by atoms with van der Waals surface area (Å²) in [5, 5.41) is 18.8. The molecule has 3 rings (SSSR count). The Hall–Kier alpha value is -1.95. The van der Waals surface area contributed by atoms with Gasteiger partial charge in [0.25, 0.3) is 0 Å². The molecule has 0 amide bonds. The predicted octanol–water partition coefficient (Wildman–Crippen LogP) is 1.60. The molecule has 1 saturated carbocycles. The second-order valence-electron chi connectivity index (χ2n) is 5.23. The minimum atomic E-state index is 0.452. The van der Waals surface area contributed by atoms with E-state index in [1.54, 1.807) is 4.68 Å². The van der Waals surface area contributed by atoms with Gasteiger partial charge in [0.2, 0.25) is 5.95 Å². The summed E-state index contributed by atoms with van der Waals surface area (Å²) >= 11 is 0. The standard InChI is InChI=1S/C14H20N6/c1-15-11-7-9-12(10-8-11)16-14-17-18-19-20(14)13-5-3-2-4-6-13/h2-6,11-12,15H,7-10H2,1H3,(H,16,17,19). The molecule has 2 aromatic rings. The fraction of sp³-hybridized carbons (Fsp3) is 0.500. The SMILES string of the molecule is CNC1CCC(Nc2nnnn2-c2ccccc2)CC1. The van der Waals surface area contributed by atoms with E-state index in [9.17, 15) is 0 Å². The number of nitrogens with zero attached hydrogens (tertiary/aromatic N) is 4. The van der Waals surface area contributed by atoms with Crippen molar-refractivity contribution in [3.63, 3.8) is 0 Å². The van der Waals surface area contributed by atoms with E-state index in [-0.39, 0.29) is 0 Å². The van der Waals surface area contributed by atoms with Gasteiger partial charge in [-0.2, -0.15) is 4.68 Å². The first kappa shape index (κ1) is 13.1. The zero-order chi connectivity index (χ0) is 13.8. The van der Waals surface area contributed by atoms with Gasteiger partial charge in [-0.3, -0.25) is 0 Å². The molecule has 0 saturated heterocycles. The maximum absolute atomic E-state index is 4.10. The third-order valence-corrected chi connectivity index (χ3v) is 3.94. The Morgan fingerprint density at radius 2 is 1.75 bits per heavy atom. The van der Waals surface area contributed by atoms with Crippen molar-refractivity contribution in [1.82, 2.24) is 25.5 Å². The van der Waals surface area contributed by atoms with E-state index >= 15 is 0 Å². The number of tetrazole rings is 1. The van der Waals surface area contributed by atoms with Crippen LogP contribution >= 0.6 is 0 Å². The highest BCUT2D eigenvalue weighted by Gasteiger charge is 2.21. The summed E-state index contributed by atoms with van der Waals surface area (Å²) in [5.41, 5.74) is 0.976. The molecule has 6 nitrogen and oxygen atoms in total. The van der Waals surface area contributed by atoms with Crippen LogP contribution in [0.1, 0.15) is 25.7 Å². The molecule has 20 heavy (non-hydrogen) atoms. The monoisotopic (exact) mass is 272 g/mol. The summed E-state index contributed by atoms with van der Waals surface area (Å²) in [7, 11) is 2.04. The molecule has 1 aromatic heterocycles. The van der Waals surface area contributed by atoms with Crippen LogP contribution in [-0.2, 0) is 0 Å². The Labute approximate surface area is 118 Å². The first-order valence-electron chi connectivity index (χ1n) is 7.14. The van der Waals surface area contributed by atoms with Crippen molar-refractivity contribution in [2.24, 2.45) is 0 Å². The third kappa shape index (κ3) is 2.80. The van der Waals surface area contributed by atoms with Crippen LogP contribution in [0.15, 0.2) is 30.3 Å². The highest BCUT2D eigenvalue weighted by Crippen LogP contribution is 2.22. The summed E-state index contributed by atoms with van der Waals surface area (Å²) in [6.45, 7) is 0. The molecule has 0 spiro atoms. The van der Waals surface area contributed by atoms with E-state index in [4.69, 9.17) is 0 Å². The highest BCUT2D eigenvalue weighted by molar-refractivity contribution is 5.38. The molecule has 1 fully saturated rings. The molecule has 1 aliphatic carbocycles. The minimum Gasteiger partial charge on any atom is -0.350 e. The zero-order valence-corrected chi connectivity index (χ0v) is 11.7. The van der Waals surface area contributed by atoms with Gasteiger partial charge in [-0.05, 0) is 55.3 Å². The number of benzene rings is 1. The van der Waals surface area contributed by atoms with Crippen molar-refractivity contribution < 1.29 is 0 Å². The molecule has 0 atom stereocenters. The Kier molecular flexibility index (Phi) is 3.92. The van der Waals surface area contributed by atoms with Crippen molar-refractivity contribution in [3.05, 3.63) is 30.3 Å². The lowest BCUT2D eigenvalue weighted by atomic mass is 9.91. The summed E-state index contributed by atoms with van der Waals surface area (Å²) in [6, 6.07) is 11.1. The first-order chi connectivity index (χ1) is 9.86. The zero-order valence-electron chi connectivity index (χ0n) is 11.7. The van der Waals surface area contributed by atoms with E-state index in [1.807, 2.05) is 37.4 Å². The molecular weight excluding hydrogens is 252 g/mol. The molecule has 0 aliphatic heterocycles. The highest BCUT2D eigenvalue weighted by atomic mass is 15.6. The molecule has 106 valence electrons. The van der Waals surface area contributed by atoms with Crippen molar-refractivity contribution in [2.75, 3.05) is 12.4 Å². The smallest absolute Gasteiger partial charge is 0.247 e. The van der Waals surface area contributed by atoms with Crippen LogP contribution in [0.5, 0.6) is 0 Å². The van der Waals surface area contributed by atoms with E-state index in [0.717, 1.165) is 24.5 Å². The third-order valence-electron chi connectivity index (χ3n) is 3.94. The van der Waals surface area contributed by atoms with Crippen LogP contribution < -0.4 is 10.6 Å². The van der Waals surface area contributed by atoms with Gasteiger partial charge in [0.15, 0.2) is 0 Å². The van der Waals surface area contributed by atoms with Gasteiger partial charge in [0, 0.05) is 12.1 Å². The lowest BCUT2D eigenvalue weighted by Crippen LogP contribution is -2.35. The Balaban J connectivity index is 1.69. The topological polar surface area (TPSA) is 67.7 Å². The van der Waals surface area contributed by atoms with Crippen LogP contribution in [0.3, 0.4) is 0 Å². The van der Waals surface area contributed by atoms with E-state index in [2.05, 4.69) is 26.2 Å². The predicted molar refractivity (Wildman–Crippen MR) is 77.9 cm³/mol. The van der Waals surface area contributed by atoms with Crippen LogP contribution in [0, 0.1) is 0 Å². The minimum absolute atomic E-state index is 0.452. The summed E-state index contributed by atoms with van der Waals surface area (Å²) in [4.78, 5) is 0. The van der Waals surface area contributed by atoms with Gasteiger partial charge >= 0.3 is 0 Å². The quantitative estimate of drug-likeness (QED) is 0.885. The van der Waals surface area contributed by atoms with Crippen LogP contribution in [0.2, 0.25) is 0 Å². The van der Waals surface area contributed by atoms with E-state index in [1.165, 1.54) is 12.8 Å². The molecule has 0 bridgehead atoms. The van der Waals surface area contributed by atoms with Gasteiger partial charge in [-0.1, -0.05) is 23.3 Å². The van der Waals surface area contributed by atoms with Crippen LogP contribution in [-0.4, -0.2) is 39.3 Å². The number of aromatic nitrogens is 4. The lowest BCUT2D eigenvalue weighted by molar-refractivity contribution is 0.370. The van der Waals surface area contributed by atoms with Crippen molar-refractivity contribution in [1.29, 1.82) is 0 Å².